The molecule has 0 atom stereocenters. The lowest BCUT2D eigenvalue weighted by molar-refractivity contribution is -0.274. The Hall–Kier alpha value is -2.76. The normalized spacial score (nSPS) is 11.6. The van der Waals surface area contributed by atoms with Crippen LogP contribution in [0, 0.1) is 13.8 Å². The molecule has 0 aliphatic carbocycles. The molecule has 6 heteroatoms. The predicted molar refractivity (Wildman–Crippen MR) is 89.4 cm³/mol. The van der Waals surface area contributed by atoms with Crippen molar-refractivity contribution in [2.24, 2.45) is 0 Å². The van der Waals surface area contributed by atoms with Crippen molar-refractivity contribution in [3.05, 3.63) is 71.5 Å². The molecule has 0 aliphatic rings. The number of alkyl halides is 3. The van der Waals surface area contributed by atoms with Gasteiger partial charge in [0.1, 0.15) is 11.6 Å². The number of halogens is 3. The smallest absolute Gasteiger partial charge is 0.406 e. The minimum Gasteiger partial charge on any atom is -0.406 e. The molecule has 0 spiro atoms. The van der Waals surface area contributed by atoms with Gasteiger partial charge in [0.25, 0.3) is 0 Å². The highest BCUT2D eigenvalue weighted by molar-refractivity contribution is 5.57. The summed E-state index contributed by atoms with van der Waals surface area (Å²) in [6.07, 6.45) is -2.94. The van der Waals surface area contributed by atoms with Crippen molar-refractivity contribution in [2.45, 2.75) is 26.8 Å². The number of imidazole rings is 1. The first-order valence-electron chi connectivity index (χ1n) is 7.76. The van der Waals surface area contributed by atoms with Crippen LogP contribution in [0.4, 0.5) is 13.2 Å². The first kappa shape index (κ1) is 17.1. The zero-order chi connectivity index (χ0) is 18.0. The molecule has 2 aromatic carbocycles. The Balaban J connectivity index is 1.90. The SMILES string of the molecule is Cc1ccccc1Cn1c(C)cnc1-c1ccc(OC(F)(F)F)cc1. The van der Waals surface area contributed by atoms with Gasteiger partial charge in [-0.3, -0.25) is 0 Å². The van der Waals surface area contributed by atoms with E-state index in [1.165, 1.54) is 23.3 Å². The second-order valence-corrected chi connectivity index (χ2v) is 5.81. The Morgan fingerprint density at radius 2 is 1.68 bits per heavy atom. The molecule has 0 saturated carbocycles. The molecule has 3 nitrogen and oxygen atoms in total. The van der Waals surface area contributed by atoms with E-state index in [9.17, 15) is 13.2 Å². The van der Waals surface area contributed by atoms with Gasteiger partial charge in [-0.15, -0.1) is 13.2 Å². The van der Waals surface area contributed by atoms with Gasteiger partial charge >= 0.3 is 6.36 Å². The monoisotopic (exact) mass is 346 g/mol. The van der Waals surface area contributed by atoms with Gasteiger partial charge in [-0.1, -0.05) is 24.3 Å². The topological polar surface area (TPSA) is 27.1 Å². The molecular weight excluding hydrogens is 329 g/mol. The Kier molecular flexibility index (Phi) is 4.53. The fraction of sp³-hybridized carbons (Fsp3) is 0.211. The number of benzene rings is 2. The molecule has 0 amide bonds. The molecule has 0 unspecified atom stereocenters. The van der Waals surface area contributed by atoms with Crippen molar-refractivity contribution < 1.29 is 17.9 Å². The molecule has 0 bridgehead atoms. The summed E-state index contributed by atoms with van der Waals surface area (Å²) in [5, 5.41) is 0. The fourth-order valence-electron chi connectivity index (χ4n) is 2.65. The van der Waals surface area contributed by atoms with Crippen molar-refractivity contribution in [1.29, 1.82) is 0 Å². The third kappa shape index (κ3) is 4.02. The van der Waals surface area contributed by atoms with E-state index in [0.717, 1.165) is 11.3 Å². The molecule has 130 valence electrons. The van der Waals surface area contributed by atoms with Gasteiger partial charge < -0.3 is 9.30 Å². The maximum atomic E-state index is 12.3. The summed E-state index contributed by atoms with van der Waals surface area (Å²) in [6, 6.07) is 13.8. The minimum atomic E-state index is -4.69. The van der Waals surface area contributed by atoms with Crippen LogP contribution in [0.25, 0.3) is 11.4 Å². The van der Waals surface area contributed by atoms with Crippen molar-refractivity contribution >= 4 is 0 Å². The molecule has 0 saturated heterocycles. The summed E-state index contributed by atoms with van der Waals surface area (Å²) in [5.74, 6) is 0.462. The van der Waals surface area contributed by atoms with Gasteiger partial charge in [0.05, 0.1) is 0 Å². The zero-order valence-corrected chi connectivity index (χ0v) is 13.8. The van der Waals surface area contributed by atoms with Crippen molar-refractivity contribution in [2.75, 3.05) is 0 Å². The first-order valence-corrected chi connectivity index (χ1v) is 7.76. The number of ether oxygens (including phenoxy) is 1. The fourth-order valence-corrected chi connectivity index (χ4v) is 2.65. The zero-order valence-electron chi connectivity index (χ0n) is 13.8. The Labute approximate surface area is 143 Å². The van der Waals surface area contributed by atoms with Crippen molar-refractivity contribution in [3.8, 4) is 17.1 Å². The highest BCUT2D eigenvalue weighted by Crippen LogP contribution is 2.27. The second-order valence-electron chi connectivity index (χ2n) is 5.81. The summed E-state index contributed by atoms with van der Waals surface area (Å²) in [4.78, 5) is 4.42. The number of hydrogen-bond acceptors (Lipinski definition) is 2. The highest BCUT2D eigenvalue weighted by atomic mass is 19.4. The first-order chi connectivity index (χ1) is 11.8. The molecule has 0 fully saturated rings. The molecule has 1 aromatic heterocycles. The third-order valence-corrected chi connectivity index (χ3v) is 3.99. The summed E-state index contributed by atoms with van der Waals surface area (Å²) >= 11 is 0. The van der Waals surface area contributed by atoms with Gasteiger partial charge in [0.15, 0.2) is 0 Å². The predicted octanol–water partition coefficient (Wildman–Crippen LogP) is 5.11. The standard InChI is InChI=1S/C19H17F3N2O/c1-13-5-3-4-6-16(13)12-24-14(2)11-23-18(24)15-7-9-17(10-8-15)25-19(20,21)22/h3-11H,12H2,1-2H3. The molecular formula is C19H17F3N2O. The third-order valence-electron chi connectivity index (χ3n) is 3.99. The van der Waals surface area contributed by atoms with E-state index >= 15 is 0 Å². The van der Waals surface area contributed by atoms with Gasteiger partial charge in [-0.25, -0.2) is 4.98 Å². The van der Waals surface area contributed by atoms with Gasteiger partial charge in [0, 0.05) is 24.0 Å². The largest absolute Gasteiger partial charge is 0.573 e. The van der Waals surface area contributed by atoms with Crippen LogP contribution in [-0.2, 0) is 6.54 Å². The summed E-state index contributed by atoms with van der Waals surface area (Å²) in [6.45, 7) is 4.65. The average molecular weight is 346 g/mol. The van der Waals surface area contributed by atoms with Gasteiger partial charge in [0.2, 0.25) is 0 Å². The van der Waals surface area contributed by atoms with Crippen LogP contribution in [0.2, 0.25) is 0 Å². The van der Waals surface area contributed by atoms with Crippen LogP contribution in [0.3, 0.4) is 0 Å². The van der Waals surface area contributed by atoms with E-state index in [1.54, 1.807) is 18.3 Å². The molecule has 0 radical (unpaired) electrons. The molecule has 3 rings (SSSR count). The van der Waals surface area contributed by atoms with Crippen molar-refractivity contribution in [3.63, 3.8) is 0 Å². The highest BCUT2D eigenvalue weighted by Gasteiger charge is 2.31. The lowest BCUT2D eigenvalue weighted by atomic mass is 10.1. The number of aromatic nitrogens is 2. The molecule has 0 aliphatic heterocycles. The quantitative estimate of drug-likeness (QED) is 0.656. The second kappa shape index (κ2) is 6.63. The number of rotatable bonds is 4. The van der Waals surface area contributed by atoms with Crippen LogP contribution < -0.4 is 4.74 Å². The van der Waals surface area contributed by atoms with E-state index in [4.69, 9.17) is 0 Å². The number of aryl methyl sites for hydroxylation is 2. The number of hydrogen-bond donors (Lipinski definition) is 0. The lowest BCUT2D eigenvalue weighted by Gasteiger charge is -2.13. The van der Waals surface area contributed by atoms with E-state index in [1.807, 2.05) is 36.6 Å². The molecule has 1 heterocycles. The van der Waals surface area contributed by atoms with Crippen LogP contribution in [0.5, 0.6) is 5.75 Å². The van der Waals surface area contributed by atoms with E-state index < -0.39 is 6.36 Å². The van der Waals surface area contributed by atoms with Gasteiger partial charge in [-0.2, -0.15) is 0 Å². The number of nitrogens with zero attached hydrogens (tertiary/aromatic N) is 2. The maximum absolute atomic E-state index is 12.3. The lowest BCUT2D eigenvalue weighted by Crippen LogP contribution is -2.17. The van der Waals surface area contributed by atoms with Crippen LogP contribution in [0.15, 0.2) is 54.7 Å². The van der Waals surface area contributed by atoms with Crippen LogP contribution in [0.1, 0.15) is 16.8 Å². The maximum Gasteiger partial charge on any atom is 0.573 e. The van der Waals surface area contributed by atoms with E-state index in [-0.39, 0.29) is 5.75 Å². The van der Waals surface area contributed by atoms with E-state index in [2.05, 4.69) is 15.8 Å². The Morgan fingerprint density at radius 3 is 2.32 bits per heavy atom. The minimum absolute atomic E-state index is 0.245. The summed E-state index contributed by atoms with van der Waals surface area (Å²) < 4.78 is 42.8. The van der Waals surface area contributed by atoms with Gasteiger partial charge in [-0.05, 0) is 49.2 Å². The Bertz CT molecular complexity index is 867. The molecule has 25 heavy (non-hydrogen) atoms. The average Bonchev–Trinajstić information content (AvgIpc) is 2.90. The summed E-state index contributed by atoms with van der Waals surface area (Å²) in [5.41, 5.74) is 4.06. The van der Waals surface area contributed by atoms with Crippen LogP contribution in [-0.4, -0.2) is 15.9 Å². The van der Waals surface area contributed by atoms with Crippen molar-refractivity contribution in [1.82, 2.24) is 9.55 Å². The van der Waals surface area contributed by atoms with E-state index in [0.29, 0.717) is 12.4 Å². The molecule has 3 aromatic rings. The van der Waals surface area contributed by atoms with Crippen LogP contribution >= 0.6 is 0 Å². The summed E-state index contributed by atoms with van der Waals surface area (Å²) in [7, 11) is 0. The Morgan fingerprint density at radius 1 is 1.00 bits per heavy atom. The molecule has 0 N–H and O–H groups in total.